The number of carbonyl (C=O) groups is 1. The van der Waals surface area contributed by atoms with Crippen LogP contribution in [0.25, 0.3) is 0 Å². The smallest absolute Gasteiger partial charge is 0.337 e. The Balaban J connectivity index is 1.77. The number of nitrogens with zero attached hydrogens (tertiary/aromatic N) is 1. The number of rotatable bonds is 4. The summed E-state index contributed by atoms with van der Waals surface area (Å²) in [5.41, 5.74) is 4.21. The lowest BCUT2D eigenvalue weighted by Crippen LogP contribution is -2.52. The Labute approximate surface area is 187 Å². The van der Waals surface area contributed by atoms with Gasteiger partial charge < -0.3 is 16.0 Å². The Morgan fingerprint density at radius 3 is 2.18 bits per heavy atom. The number of alkyl halides is 6. The van der Waals surface area contributed by atoms with Crippen LogP contribution in [0.3, 0.4) is 0 Å². The van der Waals surface area contributed by atoms with Crippen LogP contribution in [0.4, 0.5) is 31.1 Å². The molecule has 2 aromatic carbocycles. The predicted octanol–water partition coefficient (Wildman–Crippen LogP) is 5.70. The van der Waals surface area contributed by atoms with E-state index in [0.717, 1.165) is 12.0 Å². The van der Waals surface area contributed by atoms with E-state index in [-0.39, 0.29) is 30.3 Å². The monoisotopic (exact) mass is 473 g/mol. The van der Waals surface area contributed by atoms with Gasteiger partial charge in [-0.3, -0.25) is 0 Å². The van der Waals surface area contributed by atoms with Gasteiger partial charge in [0, 0.05) is 19.1 Å². The zero-order valence-corrected chi connectivity index (χ0v) is 17.9. The normalized spacial score (nSPS) is 20.4. The van der Waals surface area contributed by atoms with Crippen molar-refractivity contribution in [1.29, 1.82) is 0 Å². The lowest BCUT2D eigenvalue weighted by Gasteiger charge is -2.40. The number of halogens is 6. The Morgan fingerprint density at radius 1 is 1.06 bits per heavy atom. The molecule has 1 saturated heterocycles. The van der Waals surface area contributed by atoms with Gasteiger partial charge in [-0.2, -0.15) is 26.3 Å². The van der Waals surface area contributed by atoms with Crippen molar-refractivity contribution in [3.8, 4) is 0 Å². The first kappa shape index (κ1) is 24.9. The van der Waals surface area contributed by atoms with Crippen molar-refractivity contribution in [2.75, 3.05) is 13.1 Å². The standard InChI is InChI=1S/C23H25F6N3O/c1-14(16-10-17(22(24,25)26)12-18(11-16)23(27,28)29)13-31-21(33)32-9-5-8-19(30)20(32)15-6-3-2-4-7-15/h2-4,6-7,10-12,14,19-20H,5,8-9,13,30H2,1H3,(H,31,33). The molecule has 10 heteroatoms. The number of urea groups is 1. The van der Waals surface area contributed by atoms with Gasteiger partial charge in [-0.15, -0.1) is 0 Å². The molecule has 180 valence electrons. The number of benzene rings is 2. The Bertz CT molecular complexity index is 929. The van der Waals surface area contributed by atoms with Gasteiger partial charge >= 0.3 is 18.4 Å². The Kier molecular flexibility index (Phi) is 7.26. The van der Waals surface area contributed by atoms with Crippen LogP contribution >= 0.6 is 0 Å². The zero-order chi connectivity index (χ0) is 24.4. The number of likely N-dealkylation sites (tertiary alicyclic amines) is 1. The van der Waals surface area contributed by atoms with Crippen LogP contribution in [-0.2, 0) is 12.4 Å². The summed E-state index contributed by atoms with van der Waals surface area (Å²) in [5.74, 6) is -0.786. The fraction of sp³-hybridized carbons (Fsp3) is 0.435. The van der Waals surface area contributed by atoms with Gasteiger partial charge in [0.05, 0.1) is 17.2 Å². The fourth-order valence-electron chi connectivity index (χ4n) is 4.05. The summed E-state index contributed by atoms with van der Waals surface area (Å²) in [6.45, 7) is 1.77. The van der Waals surface area contributed by atoms with E-state index in [1.807, 2.05) is 30.3 Å². The molecule has 0 bridgehead atoms. The molecule has 0 radical (unpaired) electrons. The number of amides is 2. The molecule has 0 saturated carbocycles. The molecule has 0 aromatic heterocycles. The highest BCUT2D eigenvalue weighted by molar-refractivity contribution is 5.75. The van der Waals surface area contributed by atoms with Crippen molar-refractivity contribution in [1.82, 2.24) is 10.2 Å². The maximum atomic E-state index is 13.1. The van der Waals surface area contributed by atoms with Crippen LogP contribution < -0.4 is 11.1 Å². The van der Waals surface area contributed by atoms with Crippen LogP contribution in [0.2, 0.25) is 0 Å². The average molecular weight is 473 g/mol. The molecule has 3 unspecified atom stereocenters. The first-order chi connectivity index (χ1) is 15.4. The molecule has 2 amide bonds. The van der Waals surface area contributed by atoms with E-state index in [9.17, 15) is 31.1 Å². The minimum Gasteiger partial charge on any atom is -0.337 e. The van der Waals surface area contributed by atoms with E-state index in [1.54, 1.807) is 4.90 Å². The van der Waals surface area contributed by atoms with E-state index >= 15 is 0 Å². The molecule has 3 rings (SSSR count). The quantitative estimate of drug-likeness (QED) is 0.560. The number of piperidine rings is 1. The highest BCUT2D eigenvalue weighted by Crippen LogP contribution is 2.37. The number of hydrogen-bond donors (Lipinski definition) is 2. The van der Waals surface area contributed by atoms with E-state index in [4.69, 9.17) is 5.73 Å². The fourth-order valence-corrected chi connectivity index (χ4v) is 4.05. The Hall–Kier alpha value is -2.75. The molecule has 1 aliphatic heterocycles. The highest BCUT2D eigenvalue weighted by Gasteiger charge is 2.37. The van der Waals surface area contributed by atoms with E-state index < -0.39 is 35.4 Å². The first-order valence-corrected chi connectivity index (χ1v) is 10.5. The summed E-state index contributed by atoms with van der Waals surface area (Å²) in [5, 5.41) is 2.66. The molecule has 1 fully saturated rings. The largest absolute Gasteiger partial charge is 0.416 e. The molecule has 1 aliphatic rings. The SMILES string of the molecule is CC(CNC(=O)N1CCCC(N)C1c1ccccc1)c1cc(C(F)(F)F)cc(C(F)(F)F)c1. The highest BCUT2D eigenvalue weighted by atomic mass is 19.4. The van der Waals surface area contributed by atoms with Gasteiger partial charge in [-0.1, -0.05) is 37.3 Å². The molecular weight excluding hydrogens is 448 g/mol. The minimum atomic E-state index is -4.92. The third-order valence-electron chi connectivity index (χ3n) is 5.82. The maximum Gasteiger partial charge on any atom is 0.416 e. The predicted molar refractivity (Wildman–Crippen MR) is 111 cm³/mol. The van der Waals surface area contributed by atoms with E-state index in [0.29, 0.717) is 25.1 Å². The summed E-state index contributed by atoms with van der Waals surface area (Å²) in [7, 11) is 0. The number of hydrogen-bond acceptors (Lipinski definition) is 2. The molecule has 4 nitrogen and oxygen atoms in total. The second kappa shape index (κ2) is 9.62. The molecule has 33 heavy (non-hydrogen) atoms. The average Bonchev–Trinajstić information content (AvgIpc) is 2.76. The van der Waals surface area contributed by atoms with Crippen LogP contribution in [0.1, 0.15) is 54.0 Å². The van der Waals surface area contributed by atoms with Crippen LogP contribution in [0.15, 0.2) is 48.5 Å². The third kappa shape index (κ3) is 5.98. The molecule has 1 heterocycles. The van der Waals surface area contributed by atoms with Crippen molar-refractivity contribution < 1.29 is 31.1 Å². The molecule has 0 aliphatic carbocycles. The van der Waals surface area contributed by atoms with Gasteiger partial charge in [0.2, 0.25) is 0 Å². The van der Waals surface area contributed by atoms with Crippen LogP contribution in [0, 0.1) is 0 Å². The minimum absolute atomic E-state index is 0.0916. The van der Waals surface area contributed by atoms with Crippen molar-refractivity contribution in [2.24, 2.45) is 5.73 Å². The van der Waals surface area contributed by atoms with Crippen molar-refractivity contribution >= 4 is 6.03 Å². The first-order valence-electron chi connectivity index (χ1n) is 10.5. The van der Waals surface area contributed by atoms with Crippen LogP contribution in [-0.4, -0.2) is 30.1 Å². The van der Waals surface area contributed by atoms with Gasteiger partial charge in [0.1, 0.15) is 0 Å². The molecule has 0 spiro atoms. The van der Waals surface area contributed by atoms with Gasteiger partial charge in [0.15, 0.2) is 0 Å². The topological polar surface area (TPSA) is 58.4 Å². The van der Waals surface area contributed by atoms with Crippen molar-refractivity contribution in [2.45, 2.75) is 50.1 Å². The molecule has 3 atom stereocenters. The Morgan fingerprint density at radius 2 is 1.64 bits per heavy atom. The van der Waals surface area contributed by atoms with Gasteiger partial charge in [-0.25, -0.2) is 4.79 Å². The summed E-state index contributed by atoms with van der Waals surface area (Å²) in [4.78, 5) is 14.5. The zero-order valence-electron chi connectivity index (χ0n) is 17.9. The second-order valence-electron chi connectivity index (χ2n) is 8.28. The number of carbonyl (C=O) groups excluding carboxylic acids is 1. The van der Waals surface area contributed by atoms with E-state index in [1.165, 1.54) is 6.92 Å². The number of nitrogens with two attached hydrogens (primary N) is 1. The molecular formula is C23H25F6N3O. The summed E-state index contributed by atoms with van der Waals surface area (Å²) < 4.78 is 78.9. The second-order valence-corrected chi connectivity index (χ2v) is 8.28. The molecule has 2 aromatic rings. The molecule has 3 N–H and O–H groups in total. The van der Waals surface area contributed by atoms with E-state index in [2.05, 4.69) is 5.32 Å². The van der Waals surface area contributed by atoms with Crippen LogP contribution in [0.5, 0.6) is 0 Å². The van der Waals surface area contributed by atoms with Crippen molar-refractivity contribution in [3.05, 3.63) is 70.8 Å². The summed E-state index contributed by atoms with van der Waals surface area (Å²) in [6, 6.07) is 9.58. The maximum absolute atomic E-state index is 13.1. The summed E-state index contributed by atoms with van der Waals surface area (Å²) in [6.07, 6.45) is -8.43. The lowest BCUT2D eigenvalue weighted by atomic mass is 9.91. The van der Waals surface area contributed by atoms with Crippen molar-refractivity contribution in [3.63, 3.8) is 0 Å². The number of nitrogens with one attached hydrogen (secondary N) is 1. The van der Waals surface area contributed by atoms with Gasteiger partial charge in [0.25, 0.3) is 0 Å². The lowest BCUT2D eigenvalue weighted by molar-refractivity contribution is -0.143. The summed E-state index contributed by atoms with van der Waals surface area (Å²) >= 11 is 0. The van der Waals surface area contributed by atoms with Gasteiger partial charge in [-0.05, 0) is 48.1 Å². The third-order valence-corrected chi connectivity index (χ3v) is 5.82.